The van der Waals surface area contributed by atoms with Crippen molar-refractivity contribution in [3.05, 3.63) is 54.1 Å². The number of carbonyl (C=O) groups excluding carboxylic acids is 1. The summed E-state index contributed by atoms with van der Waals surface area (Å²) in [7, 11) is 3.23. The lowest BCUT2D eigenvalue weighted by molar-refractivity contribution is -0.139. The molecule has 1 fully saturated rings. The summed E-state index contributed by atoms with van der Waals surface area (Å²) >= 11 is 0. The van der Waals surface area contributed by atoms with E-state index in [0.717, 1.165) is 11.3 Å². The monoisotopic (exact) mass is 371 g/mol. The van der Waals surface area contributed by atoms with Gasteiger partial charge in [-0.25, -0.2) is 0 Å². The Morgan fingerprint density at radius 2 is 1.93 bits per heavy atom. The number of carbonyl (C=O) groups is 1. The average molecular weight is 371 g/mol. The lowest BCUT2D eigenvalue weighted by Gasteiger charge is -2.33. The van der Waals surface area contributed by atoms with Crippen LogP contribution in [0.15, 0.2) is 48.5 Å². The number of nitrogens with zero attached hydrogens (tertiary/aromatic N) is 1. The fraction of sp³-hybridized carbons (Fsp3) is 0.381. The number of rotatable bonds is 7. The summed E-state index contributed by atoms with van der Waals surface area (Å²) in [6.45, 7) is 1.97. The van der Waals surface area contributed by atoms with E-state index < -0.39 is 0 Å². The number of benzene rings is 2. The zero-order chi connectivity index (χ0) is 19.1. The normalized spacial score (nSPS) is 16.7. The molecule has 1 aliphatic heterocycles. The van der Waals surface area contributed by atoms with E-state index in [1.54, 1.807) is 14.2 Å². The van der Waals surface area contributed by atoms with Crippen molar-refractivity contribution in [1.29, 1.82) is 0 Å². The Hall–Kier alpha value is -2.73. The number of morpholine rings is 1. The van der Waals surface area contributed by atoms with Crippen molar-refractivity contribution in [2.75, 3.05) is 40.5 Å². The maximum atomic E-state index is 12.7. The number of hydrogen-bond donors (Lipinski definition) is 0. The van der Waals surface area contributed by atoms with Crippen LogP contribution in [-0.2, 0) is 16.0 Å². The quantitative estimate of drug-likeness (QED) is 0.749. The summed E-state index contributed by atoms with van der Waals surface area (Å²) in [5.74, 6) is 2.18. The molecule has 27 heavy (non-hydrogen) atoms. The highest BCUT2D eigenvalue weighted by Crippen LogP contribution is 2.26. The fourth-order valence-corrected chi connectivity index (χ4v) is 3.04. The first-order valence-corrected chi connectivity index (χ1v) is 8.97. The summed E-state index contributed by atoms with van der Waals surface area (Å²) in [5.41, 5.74) is 0.938. The van der Waals surface area contributed by atoms with Gasteiger partial charge in [0.05, 0.1) is 33.8 Å². The molecule has 3 rings (SSSR count). The van der Waals surface area contributed by atoms with Gasteiger partial charge in [-0.1, -0.05) is 24.3 Å². The molecule has 2 aromatic carbocycles. The van der Waals surface area contributed by atoms with Gasteiger partial charge in [-0.15, -0.1) is 0 Å². The Morgan fingerprint density at radius 1 is 1.11 bits per heavy atom. The van der Waals surface area contributed by atoms with Crippen molar-refractivity contribution < 1.29 is 23.7 Å². The van der Waals surface area contributed by atoms with Crippen LogP contribution in [0, 0.1) is 0 Å². The van der Waals surface area contributed by atoms with E-state index in [1.807, 2.05) is 53.4 Å². The highest BCUT2D eigenvalue weighted by atomic mass is 16.5. The van der Waals surface area contributed by atoms with Crippen LogP contribution in [0.2, 0.25) is 0 Å². The summed E-state index contributed by atoms with van der Waals surface area (Å²) < 4.78 is 22.1. The van der Waals surface area contributed by atoms with Gasteiger partial charge in [-0.3, -0.25) is 4.79 Å². The third-order valence-electron chi connectivity index (χ3n) is 4.47. The van der Waals surface area contributed by atoms with E-state index in [-0.39, 0.29) is 12.0 Å². The number of para-hydroxylation sites is 2. The summed E-state index contributed by atoms with van der Waals surface area (Å²) in [6, 6.07) is 15.1. The molecule has 144 valence electrons. The van der Waals surface area contributed by atoms with Crippen molar-refractivity contribution in [2.24, 2.45) is 0 Å². The van der Waals surface area contributed by atoms with Crippen molar-refractivity contribution in [3.8, 4) is 17.2 Å². The molecule has 1 unspecified atom stereocenters. The van der Waals surface area contributed by atoms with Crippen molar-refractivity contribution in [2.45, 2.75) is 12.5 Å². The van der Waals surface area contributed by atoms with Gasteiger partial charge in [0.15, 0.2) is 11.5 Å². The predicted molar refractivity (Wildman–Crippen MR) is 102 cm³/mol. The Morgan fingerprint density at radius 3 is 2.70 bits per heavy atom. The molecule has 6 nitrogen and oxygen atoms in total. The summed E-state index contributed by atoms with van der Waals surface area (Å²) in [6.07, 6.45) is 0.176. The smallest absolute Gasteiger partial charge is 0.227 e. The molecule has 0 N–H and O–H groups in total. The topological polar surface area (TPSA) is 57.2 Å². The largest absolute Gasteiger partial charge is 0.497 e. The molecule has 6 heteroatoms. The van der Waals surface area contributed by atoms with E-state index in [9.17, 15) is 4.79 Å². The Kier molecular flexibility index (Phi) is 6.54. The minimum Gasteiger partial charge on any atom is -0.497 e. The van der Waals surface area contributed by atoms with Crippen LogP contribution in [-0.4, -0.2) is 57.4 Å². The maximum Gasteiger partial charge on any atom is 0.227 e. The van der Waals surface area contributed by atoms with Crippen LogP contribution in [0.3, 0.4) is 0 Å². The van der Waals surface area contributed by atoms with Gasteiger partial charge in [0, 0.05) is 6.54 Å². The van der Waals surface area contributed by atoms with Gasteiger partial charge >= 0.3 is 0 Å². The zero-order valence-corrected chi connectivity index (χ0v) is 15.7. The molecule has 0 spiro atoms. The lowest BCUT2D eigenvalue weighted by Crippen LogP contribution is -2.48. The van der Waals surface area contributed by atoms with E-state index in [4.69, 9.17) is 18.9 Å². The van der Waals surface area contributed by atoms with Crippen LogP contribution in [0.25, 0.3) is 0 Å². The molecule has 0 saturated carbocycles. The second-order valence-corrected chi connectivity index (χ2v) is 6.32. The van der Waals surface area contributed by atoms with Gasteiger partial charge in [-0.05, 0) is 29.8 Å². The Balaban J connectivity index is 1.54. The zero-order valence-electron chi connectivity index (χ0n) is 15.7. The molecule has 0 radical (unpaired) electrons. The first-order chi connectivity index (χ1) is 13.2. The summed E-state index contributed by atoms with van der Waals surface area (Å²) in [5, 5.41) is 0. The maximum absolute atomic E-state index is 12.7. The number of ether oxygens (including phenoxy) is 4. The molecule has 2 aromatic rings. The summed E-state index contributed by atoms with van der Waals surface area (Å²) in [4.78, 5) is 14.5. The van der Waals surface area contributed by atoms with Crippen molar-refractivity contribution in [3.63, 3.8) is 0 Å². The molecular weight excluding hydrogens is 346 g/mol. The first kappa shape index (κ1) is 19.0. The molecular formula is C21H25NO5. The van der Waals surface area contributed by atoms with Crippen molar-refractivity contribution >= 4 is 5.91 Å². The van der Waals surface area contributed by atoms with E-state index in [1.165, 1.54) is 0 Å². The van der Waals surface area contributed by atoms with Gasteiger partial charge in [0.25, 0.3) is 0 Å². The molecule has 0 aromatic heterocycles. The van der Waals surface area contributed by atoms with Gasteiger partial charge in [-0.2, -0.15) is 0 Å². The van der Waals surface area contributed by atoms with Gasteiger partial charge < -0.3 is 23.8 Å². The molecule has 0 aliphatic carbocycles. The molecule has 1 saturated heterocycles. The number of methoxy groups -OCH3 is 2. The highest BCUT2D eigenvalue weighted by Gasteiger charge is 2.25. The lowest BCUT2D eigenvalue weighted by atomic mass is 10.1. The van der Waals surface area contributed by atoms with Crippen LogP contribution >= 0.6 is 0 Å². The number of amides is 1. The highest BCUT2D eigenvalue weighted by molar-refractivity contribution is 5.79. The molecule has 1 amide bonds. The molecule has 1 aliphatic rings. The second-order valence-electron chi connectivity index (χ2n) is 6.32. The van der Waals surface area contributed by atoms with Crippen LogP contribution in [0.1, 0.15) is 5.56 Å². The Labute approximate surface area is 159 Å². The standard InChI is InChI=1S/C21H25NO5/c1-24-17-7-5-6-16(12-17)13-21(23)22-10-11-26-18(14-22)15-27-20-9-4-3-8-19(20)25-2/h3-9,12,18H,10-11,13-15H2,1-2H3. The predicted octanol–water partition coefficient (Wildman–Crippen LogP) is 2.55. The molecule has 0 bridgehead atoms. The van der Waals surface area contributed by atoms with Gasteiger partial charge in [0.2, 0.25) is 5.91 Å². The van der Waals surface area contributed by atoms with E-state index in [0.29, 0.717) is 44.2 Å². The van der Waals surface area contributed by atoms with Crippen LogP contribution in [0.5, 0.6) is 17.2 Å². The minimum atomic E-state index is -0.169. The Bertz CT molecular complexity index is 764. The van der Waals surface area contributed by atoms with Crippen LogP contribution < -0.4 is 14.2 Å². The van der Waals surface area contributed by atoms with Crippen molar-refractivity contribution in [1.82, 2.24) is 4.90 Å². The molecule has 1 atom stereocenters. The van der Waals surface area contributed by atoms with Gasteiger partial charge in [0.1, 0.15) is 18.5 Å². The van der Waals surface area contributed by atoms with E-state index >= 15 is 0 Å². The SMILES string of the molecule is COc1cccc(CC(=O)N2CCOC(COc3ccccc3OC)C2)c1. The van der Waals surface area contributed by atoms with E-state index in [2.05, 4.69) is 0 Å². The first-order valence-electron chi connectivity index (χ1n) is 8.97. The minimum absolute atomic E-state index is 0.0776. The second kappa shape index (κ2) is 9.28. The molecule has 1 heterocycles. The third kappa shape index (κ3) is 5.14. The third-order valence-corrected chi connectivity index (χ3v) is 4.47. The average Bonchev–Trinajstić information content (AvgIpc) is 2.72. The van der Waals surface area contributed by atoms with Crippen LogP contribution in [0.4, 0.5) is 0 Å². The fourth-order valence-electron chi connectivity index (χ4n) is 3.04. The number of hydrogen-bond acceptors (Lipinski definition) is 5.